The second-order valence-corrected chi connectivity index (χ2v) is 6.03. The summed E-state index contributed by atoms with van der Waals surface area (Å²) in [5.41, 5.74) is 0.964. The molecule has 0 saturated carbocycles. The molecule has 0 radical (unpaired) electrons. The highest BCUT2D eigenvalue weighted by atomic mass is 16.3. The van der Waals surface area contributed by atoms with Crippen LogP contribution in [0.5, 0.6) is 0 Å². The third kappa shape index (κ3) is 3.85. The summed E-state index contributed by atoms with van der Waals surface area (Å²) in [6, 6.07) is 2.02. The number of likely N-dealkylation sites (tertiary alicyclic amines) is 1. The maximum Gasteiger partial charge on any atom is 0.251 e. The van der Waals surface area contributed by atoms with Crippen LogP contribution < -0.4 is 5.32 Å². The lowest BCUT2D eigenvalue weighted by molar-refractivity contribution is -0.141. The lowest BCUT2D eigenvalue weighted by atomic mass is 10.2. The van der Waals surface area contributed by atoms with Crippen molar-refractivity contribution in [2.45, 2.75) is 52.2 Å². The van der Waals surface area contributed by atoms with Crippen LogP contribution in [0.2, 0.25) is 0 Å². The number of carbonyl (C=O) groups is 2. The van der Waals surface area contributed by atoms with Crippen molar-refractivity contribution in [3.05, 3.63) is 11.8 Å². The van der Waals surface area contributed by atoms with E-state index in [1.54, 1.807) is 6.07 Å². The van der Waals surface area contributed by atoms with E-state index in [2.05, 4.69) is 10.4 Å². The normalized spacial score (nSPS) is 19.4. The topological polar surface area (TPSA) is 87.5 Å². The molecular formula is C15H24N4O3. The van der Waals surface area contributed by atoms with Gasteiger partial charge in [-0.25, -0.2) is 0 Å². The minimum absolute atomic E-state index is 0.0521. The van der Waals surface area contributed by atoms with Crippen LogP contribution in [-0.2, 0) is 9.59 Å². The molecule has 122 valence electrons. The fourth-order valence-corrected chi connectivity index (χ4v) is 2.67. The summed E-state index contributed by atoms with van der Waals surface area (Å²) in [5.74, 6) is -0.175. The Morgan fingerprint density at radius 1 is 1.50 bits per heavy atom. The molecule has 1 aromatic rings. The van der Waals surface area contributed by atoms with Crippen molar-refractivity contribution in [1.82, 2.24) is 14.7 Å². The molecule has 2 amide bonds. The summed E-state index contributed by atoms with van der Waals surface area (Å²) in [5, 5.41) is 16.7. The van der Waals surface area contributed by atoms with Crippen LogP contribution in [0, 0.1) is 6.92 Å². The van der Waals surface area contributed by atoms with Crippen molar-refractivity contribution in [3.63, 3.8) is 0 Å². The highest BCUT2D eigenvalue weighted by Crippen LogP contribution is 2.15. The highest BCUT2D eigenvalue weighted by molar-refractivity contribution is 5.94. The molecule has 7 heteroatoms. The molecule has 2 N–H and O–H groups in total. The van der Waals surface area contributed by atoms with Crippen LogP contribution in [-0.4, -0.2) is 50.8 Å². The number of hydrogen-bond acceptors (Lipinski definition) is 4. The van der Waals surface area contributed by atoms with Gasteiger partial charge in [0.2, 0.25) is 5.91 Å². The van der Waals surface area contributed by atoms with Gasteiger partial charge in [-0.2, -0.15) is 5.10 Å². The number of amides is 2. The van der Waals surface area contributed by atoms with E-state index >= 15 is 0 Å². The molecule has 1 aliphatic heterocycles. The Hall–Kier alpha value is -1.89. The molecule has 2 heterocycles. The Morgan fingerprint density at radius 3 is 2.86 bits per heavy atom. The van der Waals surface area contributed by atoms with Crippen molar-refractivity contribution in [1.29, 1.82) is 0 Å². The number of aryl methyl sites for hydroxylation is 1. The third-order valence-corrected chi connectivity index (χ3v) is 3.77. The summed E-state index contributed by atoms with van der Waals surface area (Å²) in [7, 11) is 0. The van der Waals surface area contributed by atoms with Crippen molar-refractivity contribution in [2.75, 3.05) is 18.4 Å². The van der Waals surface area contributed by atoms with Gasteiger partial charge >= 0.3 is 0 Å². The van der Waals surface area contributed by atoms with Gasteiger partial charge in [-0.05, 0) is 40.0 Å². The van der Waals surface area contributed by atoms with Crippen molar-refractivity contribution >= 4 is 17.6 Å². The Kier molecular flexibility index (Phi) is 5.18. The average Bonchev–Trinajstić information content (AvgIpc) is 2.74. The minimum atomic E-state index is -0.988. The Bertz CT molecular complexity index is 553. The summed E-state index contributed by atoms with van der Waals surface area (Å²) < 4.78 is 1.83. The van der Waals surface area contributed by atoms with Gasteiger partial charge in [0.1, 0.15) is 6.10 Å². The van der Waals surface area contributed by atoms with Crippen LogP contribution in [0.3, 0.4) is 0 Å². The highest BCUT2D eigenvalue weighted by Gasteiger charge is 2.26. The summed E-state index contributed by atoms with van der Waals surface area (Å²) in [6.07, 6.45) is 1.08. The van der Waals surface area contributed by atoms with E-state index in [0.717, 1.165) is 18.5 Å². The predicted molar refractivity (Wildman–Crippen MR) is 82.4 cm³/mol. The second kappa shape index (κ2) is 6.91. The van der Waals surface area contributed by atoms with Gasteiger partial charge in [0, 0.05) is 24.3 Å². The molecule has 1 unspecified atom stereocenters. The molecule has 1 atom stereocenters. The number of hydrogen-bond donors (Lipinski definition) is 2. The molecule has 1 aliphatic rings. The number of nitrogens with one attached hydrogen (secondary N) is 1. The SMILES string of the molecule is Cc1cc(NC(=O)CN2CCCCC(O)C2=O)nn1C(C)C. The summed E-state index contributed by atoms with van der Waals surface area (Å²) >= 11 is 0. The fourth-order valence-electron chi connectivity index (χ4n) is 2.67. The number of aliphatic hydroxyl groups is 1. The molecule has 0 aromatic carbocycles. The molecule has 22 heavy (non-hydrogen) atoms. The van der Waals surface area contributed by atoms with Crippen molar-refractivity contribution < 1.29 is 14.7 Å². The van der Waals surface area contributed by atoms with E-state index in [4.69, 9.17) is 0 Å². The number of anilines is 1. The Balaban J connectivity index is 1.97. The van der Waals surface area contributed by atoms with Crippen LogP contribution >= 0.6 is 0 Å². The van der Waals surface area contributed by atoms with E-state index in [1.807, 2.05) is 25.5 Å². The number of aliphatic hydroxyl groups excluding tert-OH is 1. The van der Waals surface area contributed by atoms with Gasteiger partial charge in [-0.1, -0.05) is 0 Å². The Morgan fingerprint density at radius 2 is 2.23 bits per heavy atom. The maximum absolute atomic E-state index is 12.1. The lowest BCUT2D eigenvalue weighted by Gasteiger charge is -2.21. The van der Waals surface area contributed by atoms with E-state index in [-0.39, 0.29) is 24.4 Å². The number of aromatic nitrogens is 2. The van der Waals surface area contributed by atoms with Gasteiger partial charge in [-0.3, -0.25) is 14.3 Å². The van der Waals surface area contributed by atoms with Crippen molar-refractivity contribution in [2.24, 2.45) is 0 Å². The zero-order chi connectivity index (χ0) is 16.3. The van der Waals surface area contributed by atoms with Gasteiger partial charge in [0.05, 0.1) is 6.54 Å². The third-order valence-electron chi connectivity index (χ3n) is 3.77. The van der Waals surface area contributed by atoms with Crippen LogP contribution in [0.15, 0.2) is 6.07 Å². The van der Waals surface area contributed by atoms with E-state index in [9.17, 15) is 14.7 Å². The average molecular weight is 308 g/mol. The lowest BCUT2D eigenvalue weighted by Crippen LogP contribution is -2.42. The minimum Gasteiger partial charge on any atom is -0.383 e. The summed E-state index contributed by atoms with van der Waals surface area (Å²) in [6.45, 7) is 6.41. The van der Waals surface area contributed by atoms with Crippen LogP contribution in [0.25, 0.3) is 0 Å². The largest absolute Gasteiger partial charge is 0.383 e. The number of nitrogens with zero attached hydrogens (tertiary/aromatic N) is 3. The predicted octanol–water partition coefficient (Wildman–Crippen LogP) is 1.08. The zero-order valence-corrected chi connectivity index (χ0v) is 13.4. The van der Waals surface area contributed by atoms with E-state index in [1.165, 1.54) is 4.90 Å². The molecule has 0 aliphatic carbocycles. The standard InChI is InChI=1S/C15H24N4O3/c1-10(2)19-11(3)8-13(17-19)16-14(21)9-18-7-5-4-6-12(20)15(18)22/h8,10,12,20H,4-7,9H2,1-3H3,(H,16,17,21). The molecule has 1 saturated heterocycles. The zero-order valence-electron chi connectivity index (χ0n) is 13.4. The fraction of sp³-hybridized carbons (Fsp3) is 0.667. The molecule has 1 aromatic heterocycles. The molecule has 7 nitrogen and oxygen atoms in total. The van der Waals surface area contributed by atoms with Gasteiger partial charge < -0.3 is 15.3 Å². The molecule has 0 spiro atoms. The quantitative estimate of drug-likeness (QED) is 0.871. The number of rotatable bonds is 4. The second-order valence-electron chi connectivity index (χ2n) is 6.03. The van der Waals surface area contributed by atoms with Crippen LogP contribution in [0.1, 0.15) is 44.8 Å². The first kappa shape index (κ1) is 16.5. The van der Waals surface area contributed by atoms with Crippen molar-refractivity contribution in [3.8, 4) is 0 Å². The molecule has 0 bridgehead atoms. The molecular weight excluding hydrogens is 284 g/mol. The maximum atomic E-state index is 12.1. The first-order valence-corrected chi connectivity index (χ1v) is 7.71. The first-order chi connectivity index (χ1) is 10.4. The van der Waals surface area contributed by atoms with Gasteiger partial charge in [-0.15, -0.1) is 0 Å². The monoisotopic (exact) mass is 308 g/mol. The Labute approximate surface area is 130 Å². The molecule has 1 fully saturated rings. The summed E-state index contributed by atoms with van der Waals surface area (Å²) in [4.78, 5) is 25.5. The van der Waals surface area contributed by atoms with E-state index < -0.39 is 6.10 Å². The molecule has 2 rings (SSSR count). The smallest absolute Gasteiger partial charge is 0.251 e. The van der Waals surface area contributed by atoms with Gasteiger partial charge in [0.25, 0.3) is 5.91 Å². The van der Waals surface area contributed by atoms with Gasteiger partial charge in [0.15, 0.2) is 5.82 Å². The van der Waals surface area contributed by atoms with Crippen LogP contribution in [0.4, 0.5) is 5.82 Å². The first-order valence-electron chi connectivity index (χ1n) is 7.71. The van der Waals surface area contributed by atoms with E-state index in [0.29, 0.717) is 18.8 Å². The number of carbonyl (C=O) groups excluding carboxylic acids is 2.